The molecule has 0 fully saturated rings. The summed E-state index contributed by atoms with van der Waals surface area (Å²) < 4.78 is 9.90. The number of carbonyl (C=O) groups is 1. The molecule has 1 heterocycles. The molecule has 1 aromatic carbocycles. The van der Waals surface area contributed by atoms with Gasteiger partial charge in [-0.05, 0) is 25.1 Å². The lowest BCUT2D eigenvalue weighted by Gasteiger charge is -2.02. The van der Waals surface area contributed by atoms with Crippen LogP contribution in [0.2, 0.25) is 10.0 Å². The molecule has 2 rings (SSSR count). The van der Waals surface area contributed by atoms with Crippen LogP contribution in [0.5, 0.6) is 0 Å². The molecule has 0 spiro atoms. The molecule has 7 heteroatoms. The minimum absolute atomic E-state index is 0.0949. The van der Waals surface area contributed by atoms with E-state index in [-0.39, 0.29) is 18.3 Å². The second kappa shape index (κ2) is 5.95. The highest BCUT2D eigenvalue weighted by Gasteiger charge is 2.13. The highest BCUT2D eigenvalue weighted by molar-refractivity contribution is 6.35. The molecule has 1 aromatic heterocycles. The molecule has 0 saturated carbocycles. The van der Waals surface area contributed by atoms with Gasteiger partial charge < -0.3 is 14.5 Å². The van der Waals surface area contributed by atoms with E-state index in [0.29, 0.717) is 15.7 Å². The first-order valence-electron chi connectivity index (χ1n) is 5.44. The molecule has 0 aliphatic heterocycles. The van der Waals surface area contributed by atoms with Crippen LogP contribution in [0.25, 0.3) is 0 Å². The van der Waals surface area contributed by atoms with E-state index >= 15 is 0 Å². The van der Waals surface area contributed by atoms with E-state index in [2.05, 4.69) is 10.3 Å². The summed E-state index contributed by atoms with van der Waals surface area (Å²) in [6.45, 7) is 1.99. The Bertz CT molecular complexity index is 578. The van der Waals surface area contributed by atoms with Crippen LogP contribution in [0.4, 0.5) is 11.7 Å². The number of carbonyl (C=O) groups excluding carboxylic acids is 1. The number of hydrogen-bond donors (Lipinski definition) is 1. The van der Waals surface area contributed by atoms with Crippen LogP contribution in [0.3, 0.4) is 0 Å². The number of ether oxygens (including phenoxy) is 1. The first-order chi connectivity index (χ1) is 9.08. The Balaban J connectivity index is 2.13. The van der Waals surface area contributed by atoms with Crippen molar-refractivity contribution in [1.29, 1.82) is 0 Å². The van der Waals surface area contributed by atoms with Crippen LogP contribution >= 0.6 is 23.2 Å². The lowest BCUT2D eigenvalue weighted by atomic mass is 10.3. The van der Waals surface area contributed by atoms with Gasteiger partial charge in [-0.2, -0.15) is 4.98 Å². The van der Waals surface area contributed by atoms with Crippen molar-refractivity contribution in [3.63, 3.8) is 0 Å². The lowest BCUT2D eigenvalue weighted by molar-refractivity contribution is 0.0519. The van der Waals surface area contributed by atoms with E-state index in [4.69, 9.17) is 32.4 Å². The van der Waals surface area contributed by atoms with E-state index in [1.807, 2.05) is 0 Å². The van der Waals surface area contributed by atoms with Crippen molar-refractivity contribution in [1.82, 2.24) is 4.98 Å². The second-order valence-electron chi connectivity index (χ2n) is 3.54. The third-order valence-corrected chi connectivity index (χ3v) is 2.54. The van der Waals surface area contributed by atoms with Crippen molar-refractivity contribution in [2.45, 2.75) is 6.92 Å². The summed E-state index contributed by atoms with van der Waals surface area (Å²) in [7, 11) is 0. The molecular formula is C12H10Cl2N2O3. The highest BCUT2D eigenvalue weighted by Crippen LogP contribution is 2.25. The Labute approximate surface area is 119 Å². The number of halogens is 2. The molecule has 0 aliphatic rings. The summed E-state index contributed by atoms with van der Waals surface area (Å²) >= 11 is 11.7. The molecule has 0 aliphatic carbocycles. The average Bonchev–Trinajstić information content (AvgIpc) is 2.76. The van der Waals surface area contributed by atoms with E-state index < -0.39 is 5.97 Å². The number of anilines is 2. The van der Waals surface area contributed by atoms with Gasteiger partial charge in [-0.1, -0.05) is 23.2 Å². The zero-order chi connectivity index (χ0) is 13.8. The Morgan fingerprint density at radius 3 is 2.68 bits per heavy atom. The van der Waals surface area contributed by atoms with Crippen molar-refractivity contribution in [2.24, 2.45) is 0 Å². The van der Waals surface area contributed by atoms with Gasteiger partial charge in [-0.15, -0.1) is 0 Å². The largest absolute Gasteiger partial charge is 0.461 e. The number of aromatic nitrogens is 1. The zero-order valence-electron chi connectivity index (χ0n) is 9.94. The highest BCUT2D eigenvalue weighted by atomic mass is 35.5. The van der Waals surface area contributed by atoms with Crippen LogP contribution in [0, 0.1) is 0 Å². The summed E-state index contributed by atoms with van der Waals surface area (Å²) in [5.74, 6) is -0.538. The average molecular weight is 301 g/mol. The molecule has 5 nitrogen and oxygen atoms in total. The van der Waals surface area contributed by atoms with Gasteiger partial charge in [0.25, 0.3) is 6.01 Å². The number of hydrogen-bond acceptors (Lipinski definition) is 5. The van der Waals surface area contributed by atoms with Crippen molar-refractivity contribution in [3.05, 3.63) is 40.2 Å². The number of oxazole rings is 1. The van der Waals surface area contributed by atoms with Gasteiger partial charge in [-0.3, -0.25) is 0 Å². The second-order valence-corrected chi connectivity index (χ2v) is 4.41. The van der Waals surface area contributed by atoms with Crippen molar-refractivity contribution < 1.29 is 13.9 Å². The van der Waals surface area contributed by atoms with Crippen molar-refractivity contribution >= 4 is 40.9 Å². The summed E-state index contributed by atoms with van der Waals surface area (Å²) in [6, 6.07) is 5.07. The van der Waals surface area contributed by atoms with Crippen molar-refractivity contribution in [3.8, 4) is 0 Å². The van der Waals surface area contributed by atoms with Crippen LogP contribution in [0.15, 0.2) is 28.9 Å². The lowest BCUT2D eigenvalue weighted by Crippen LogP contribution is -2.04. The molecule has 0 amide bonds. The Hall–Kier alpha value is -1.72. The van der Waals surface area contributed by atoms with Crippen LogP contribution in [-0.2, 0) is 4.74 Å². The van der Waals surface area contributed by atoms with Crippen molar-refractivity contribution in [2.75, 3.05) is 11.9 Å². The molecule has 1 N–H and O–H groups in total. The smallest absolute Gasteiger partial charge is 0.360 e. The quantitative estimate of drug-likeness (QED) is 0.868. The van der Waals surface area contributed by atoms with Gasteiger partial charge in [0.05, 0.1) is 6.61 Å². The van der Waals surface area contributed by atoms with Gasteiger partial charge in [0.15, 0.2) is 5.69 Å². The van der Waals surface area contributed by atoms with Gasteiger partial charge in [0, 0.05) is 15.7 Å². The topological polar surface area (TPSA) is 64.4 Å². The zero-order valence-corrected chi connectivity index (χ0v) is 11.5. The minimum atomic E-state index is -0.538. The van der Waals surface area contributed by atoms with E-state index in [9.17, 15) is 4.79 Å². The molecular weight excluding hydrogens is 291 g/mol. The number of nitrogens with one attached hydrogen (secondary N) is 1. The molecule has 0 bridgehead atoms. The normalized spacial score (nSPS) is 10.3. The van der Waals surface area contributed by atoms with E-state index in [0.717, 1.165) is 0 Å². The Morgan fingerprint density at radius 1 is 1.37 bits per heavy atom. The standard InChI is InChI=1S/C12H10Cl2N2O3/c1-2-18-11(17)10-6-19-12(16-10)15-9-4-7(13)3-8(14)5-9/h3-6H,2H2,1H3,(H,15,16). The monoisotopic (exact) mass is 300 g/mol. The molecule has 0 unspecified atom stereocenters. The Kier molecular flexibility index (Phi) is 4.29. The molecule has 0 saturated heterocycles. The molecule has 19 heavy (non-hydrogen) atoms. The molecule has 0 radical (unpaired) electrons. The summed E-state index contributed by atoms with van der Waals surface area (Å²) in [4.78, 5) is 15.3. The Morgan fingerprint density at radius 2 is 2.05 bits per heavy atom. The predicted octanol–water partition coefficient (Wildman–Crippen LogP) is 3.90. The first kappa shape index (κ1) is 13.7. The summed E-state index contributed by atoms with van der Waals surface area (Å²) in [5.41, 5.74) is 0.701. The van der Waals surface area contributed by atoms with Gasteiger partial charge in [0.1, 0.15) is 6.26 Å². The molecule has 2 aromatic rings. The fraction of sp³-hybridized carbons (Fsp3) is 0.167. The number of rotatable bonds is 4. The predicted molar refractivity (Wildman–Crippen MR) is 72.2 cm³/mol. The van der Waals surface area contributed by atoms with Crippen LogP contribution in [0.1, 0.15) is 17.4 Å². The third kappa shape index (κ3) is 3.62. The van der Waals surface area contributed by atoms with E-state index in [1.165, 1.54) is 6.26 Å². The first-order valence-corrected chi connectivity index (χ1v) is 6.20. The fourth-order valence-electron chi connectivity index (χ4n) is 1.38. The minimum Gasteiger partial charge on any atom is -0.461 e. The molecule has 100 valence electrons. The number of esters is 1. The van der Waals surface area contributed by atoms with Crippen LogP contribution in [-0.4, -0.2) is 17.6 Å². The van der Waals surface area contributed by atoms with Crippen LogP contribution < -0.4 is 5.32 Å². The fourth-order valence-corrected chi connectivity index (χ4v) is 1.91. The molecule has 0 atom stereocenters. The maximum absolute atomic E-state index is 11.4. The van der Waals surface area contributed by atoms with Gasteiger partial charge in [0.2, 0.25) is 0 Å². The number of nitrogens with zero attached hydrogens (tertiary/aromatic N) is 1. The SMILES string of the molecule is CCOC(=O)c1coc(Nc2cc(Cl)cc(Cl)c2)n1. The maximum atomic E-state index is 11.4. The number of benzene rings is 1. The maximum Gasteiger partial charge on any atom is 0.360 e. The summed E-state index contributed by atoms with van der Waals surface area (Å²) in [5, 5.41) is 3.81. The third-order valence-electron chi connectivity index (χ3n) is 2.10. The summed E-state index contributed by atoms with van der Waals surface area (Å²) in [6.07, 6.45) is 1.21. The van der Waals surface area contributed by atoms with Gasteiger partial charge in [-0.25, -0.2) is 4.79 Å². The van der Waals surface area contributed by atoms with E-state index in [1.54, 1.807) is 25.1 Å². The van der Waals surface area contributed by atoms with Gasteiger partial charge >= 0.3 is 5.97 Å².